The number of alkyl halides is 3. The summed E-state index contributed by atoms with van der Waals surface area (Å²) in [5, 5.41) is 41.9. The van der Waals surface area contributed by atoms with Gasteiger partial charge in [-0.1, -0.05) is 18.2 Å². The van der Waals surface area contributed by atoms with Gasteiger partial charge in [-0.2, -0.15) is 28.7 Å². The third-order valence-electron chi connectivity index (χ3n) is 5.54. The third-order valence-corrected chi connectivity index (χ3v) is 5.54. The second-order valence-electron chi connectivity index (χ2n) is 7.69. The Hall–Kier alpha value is -5.37. The van der Waals surface area contributed by atoms with Crippen molar-refractivity contribution in [1.29, 1.82) is 10.5 Å². The number of carbonyl (C=O) groups is 2. The van der Waals surface area contributed by atoms with Gasteiger partial charge in [-0.25, -0.2) is 14.3 Å². The molecule has 1 aromatic heterocycles. The molecule has 2 N–H and O–H groups in total. The van der Waals surface area contributed by atoms with Crippen molar-refractivity contribution < 1.29 is 33.0 Å². The van der Waals surface area contributed by atoms with Gasteiger partial charge in [0.1, 0.15) is 6.04 Å². The first-order valence-corrected chi connectivity index (χ1v) is 10.3. The van der Waals surface area contributed by atoms with Crippen LogP contribution in [0, 0.1) is 22.7 Å². The van der Waals surface area contributed by atoms with Crippen LogP contribution in [0.4, 0.5) is 40.3 Å². The minimum Gasteiger partial charge on any atom is -0.464 e. The van der Waals surface area contributed by atoms with Gasteiger partial charge in [0.15, 0.2) is 0 Å². The molecule has 186 valence electrons. The van der Waals surface area contributed by atoms with Gasteiger partial charge in [-0.15, -0.1) is 10.00 Å². The normalized spacial score (nSPS) is 15.0. The molecule has 0 saturated heterocycles. The molecule has 0 radical (unpaired) electrons. The first kappa shape index (κ1) is 24.7. The van der Waals surface area contributed by atoms with Crippen molar-refractivity contribution in [2.24, 2.45) is 0 Å². The molecule has 1 aliphatic heterocycles. The Labute approximate surface area is 206 Å². The maximum absolute atomic E-state index is 13.4. The van der Waals surface area contributed by atoms with Crippen LogP contribution < -0.4 is 9.80 Å². The average molecular weight is 509 g/mol. The van der Waals surface area contributed by atoms with Gasteiger partial charge in [0.05, 0.1) is 28.8 Å². The van der Waals surface area contributed by atoms with Crippen LogP contribution >= 0.6 is 0 Å². The molecule has 2 aromatic carbocycles. The number of hydrogen-bond donors (Lipinski definition) is 2. The number of anilines is 3. The summed E-state index contributed by atoms with van der Waals surface area (Å²) in [5.74, 6) is -1.02. The fraction of sp³-hybridized carbons (Fsp3) is 0.130. The molecule has 1 aliphatic rings. The molecule has 0 spiro atoms. The topological polar surface area (TPSA) is 159 Å². The van der Waals surface area contributed by atoms with Gasteiger partial charge in [0, 0.05) is 11.4 Å². The second kappa shape index (κ2) is 9.01. The predicted molar refractivity (Wildman–Crippen MR) is 120 cm³/mol. The molecule has 3 aromatic rings. The molecule has 0 bridgehead atoms. The van der Waals surface area contributed by atoms with E-state index in [0.717, 1.165) is 27.8 Å². The van der Waals surface area contributed by atoms with Crippen LogP contribution in [0.15, 0.2) is 59.8 Å². The monoisotopic (exact) mass is 509 g/mol. The lowest BCUT2D eigenvalue weighted by Crippen LogP contribution is -2.35. The number of aromatic nitrogens is 3. The molecule has 2 heterocycles. The molecule has 1 atom stereocenters. The molecular formula is C23H14F3N7O4. The summed E-state index contributed by atoms with van der Waals surface area (Å²) in [6, 6.07) is 13.0. The van der Waals surface area contributed by atoms with Crippen LogP contribution in [0.5, 0.6) is 0 Å². The van der Waals surface area contributed by atoms with Crippen LogP contribution in [0.2, 0.25) is 0 Å². The molecule has 0 aliphatic carbocycles. The zero-order valence-corrected chi connectivity index (χ0v) is 18.7. The maximum atomic E-state index is 13.4. The van der Waals surface area contributed by atoms with E-state index >= 15 is 0 Å². The van der Waals surface area contributed by atoms with E-state index in [0.29, 0.717) is 11.1 Å². The molecule has 11 nitrogen and oxygen atoms in total. The fourth-order valence-electron chi connectivity index (χ4n) is 3.89. The van der Waals surface area contributed by atoms with E-state index in [4.69, 9.17) is 5.26 Å². The van der Waals surface area contributed by atoms with Crippen LogP contribution in [-0.2, 0) is 6.18 Å². The highest BCUT2D eigenvalue weighted by Crippen LogP contribution is 2.43. The van der Waals surface area contributed by atoms with Gasteiger partial charge in [0.2, 0.25) is 5.95 Å². The van der Waals surface area contributed by atoms with Gasteiger partial charge < -0.3 is 10.2 Å². The summed E-state index contributed by atoms with van der Waals surface area (Å²) in [4.78, 5) is 28.2. The number of halogens is 3. The van der Waals surface area contributed by atoms with E-state index in [9.17, 15) is 38.2 Å². The molecule has 0 fully saturated rings. The summed E-state index contributed by atoms with van der Waals surface area (Å²) < 4.78 is 41.3. The van der Waals surface area contributed by atoms with E-state index in [1.165, 1.54) is 37.3 Å². The Bertz CT molecular complexity index is 1520. The Morgan fingerprint density at radius 2 is 1.70 bits per heavy atom. The highest BCUT2D eigenvalue weighted by atomic mass is 19.4. The molecule has 2 amide bonds. The Balaban J connectivity index is 2.01. The average Bonchev–Trinajstić information content (AvgIpc) is 3.25. The highest BCUT2D eigenvalue weighted by molar-refractivity contribution is 6.06. The second-order valence-corrected chi connectivity index (χ2v) is 7.69. The smallest absolute Gasteiger partial charge is 0.424 e. The van der Waals surface area contributed by atoms with Gasteiger partial charge in [0.25, 0.3) is 5.95 Å². The summed E-state index contributed by atoms with van der Waals surface area (Å²) in [6.07, 6.45) is -8.52. The lowest BCUT2D eigenvalue weighted by atomic mass is 9.95. The minimum atomic E-state index is -4.69. The Morgan fingerprint density at radius 3 is 2.24 bits per heavy atom. The van der Waals surface area contributed by atoms with Crippen LogP contribution in [0.3, 0.4) is 0 Å². The van der Waals surface area contributed by atoms with Crippen LogP contribution in [-0.4, -0.2) is 37.2 Å². The number of nitrogens with zero attached hydrogens (tertiary/aromatic N) is 7. The summed E-state index contributed by atoms with van der Waals surface area (Å²) in [5.41, 5.74) is -0.173. The summed E-state index contributed by atoms with van der Waals surface area (Å²) >= 11 is 0. The van der Waals surface area contributed by atoms with Crippen molar-refractivity contribution in [3.05, 3.63) is 76.5 Å². The molecule has 14 heteroatoms. The van der Waals surface area contributed by atoms with E-state index in [2.05, 4.69) is 10.1 Å². The summed E-state index contributed by atoms with van der Waals surface area (Å²) in [6.45, 7) is 1.46. The number of hydrogen-bond acceptors (Lipinski definition) is 7. The maximum Gasteiger partial charge on any atom is 0.424 e. The van der Waals surface area contributed by atoms with Crippen molar-refractivity contribution >= 4 is 29.8 Å². The highest BCUT2D eigenvalue weighted by Gasteiger charge is 2.39. The largest absolute Gasteiger partial charge is 0.464 e. The molecule has 37 heavy (non-hydrogen) atoms. The van der Waals surface area contributed by atoms with E-state index in [1.54, 1.807) is 0 Å². The number of carboxylic acid groups (broad SMARTS) is 2. The first-order chi connectivity index (χ1) is 17.5. The van der Waals surface area contributed by atoms with Gasteiger partial charge in [-0.05, 0) is 42.8 Å². The zero-order valence-electron chi connectivity index (χ0n) is 18.7. The summed E-state index contributed by atoms with van der Waals surface area (Å²) in [7, 11) is 0. The number of imide groups is 1. The number of rotatable bonds is 3. The quantitative estimate of drug-likeness (QED) is 0.502. The van der Waals surface area contributed by atoms with Crippen LogP contribution in [0.25, 0.3) is 0 Å². The lowest BCUT2D eigenvalue weighted by Gasteiger charge is -2.34. The number of allylic oxidation sites excluding steroid dienone is 2. The molecular weight excluding hydrogens is 495 g/mol. The SMILES string of the molecule is CC1=C(C#N)[C@@H](c2ccc(C#N)cc2)n2nc(N(C(=O)O)C(=O)O)nc2N1c1cccc(C(F)(F)F)c1. The lowest BCUT2D eigenvalue weighted by molar-refractivity contribution is -0.137. The predicted octanol–water partition coefficient (Wildman–Crippen LogP) is 4.87. The van der Waals surface area contributed by atoms with Crippen molar-refractivity contribution in [1.82, 2.24) is 14.8 Å². The van der Waals surface area contributed by atoms with Crippen molar-refractivity contribution in [2.75, 3.05) is 9.80 Å². The van der Waals surface area contributed by atoms with E-state index in [1.807, 2.05) is 12.1 Å². The van der Waals surface area contributed by atoms with E-state index in [-0.39, 0.29) is 27.8 Å². The van der Waals surface area contributed by atoms with E-state index < -0.39 is 35.9 Å². The minimum absolute atomic E-state index is 0.0169. The zero-order chi connectivity index (χ0) is 27.1. The Kier molecular flexibility index (Phi) is 6.03. The number of fused-ring (bicyclic) bond motifs is 1. The van der Waals surface area contributed by atoms with Crippen molar-refractivity contribution in [3.63, 3.8) is 0 Å². The van der Waals surface area contributed by atoms with Gasteiger partial charge in [-0.3, -0.25) is 4.90 Å². The standard InChI is InChI=1S/C23H14F3N7O4/c1-12-17(11-28)18(14-7-5-13(10-27)6-8-14)33-20(29-19(30-33)32(21(34)35)22(36)37)31(12)16-4-2-3-15(9-16)23(24,25)26/h2-9,18H,1H3,(H,34,35)(H,36,37)/t18-/m1/s1. The number of benzene rings is 2. The first-order valence-electron chi connectivity index (χ1n) is 10.3. The van der Waals surface area contributed by atoms with Crippen molar-refractivity contribution in [2.45, 2.75) is 19.1 Å². The molecule has 0 saturated carbocycles. The van der Waals surface area contributed by atoms with Crippen LogP contribution in [0.1, 0.15) is 29.7 Å². The Morgan fingerprint density at radius 1 is 1.05 bits per heavy atom. The third kappa shape index (κ3) is 4.28. The molecule has 4 rings (SSSR count). The fourth-order valence-corrected chi connectivity index (χ4v) is 3.89. The van der Waals surface area contributed by atoms with Crippen molar-refractivity contribution in [3.8, 4) is 12.1 Å². The number of nitriles is 2. The molecule has 0 unspecified atom stereocenters. The number of amides is 2. The van der Waals surface area contributed by atoms with Gasteiger partial charge >= 0.3 is 18.4 Å².